The average molecular weight is 387 g/mol. The van der Waals surface area contributed by atoms with Crippen LogP contribution in [0.1, 0.15) is 21.5 Å². The third-order valence-corrected chi connectivity index (χ3v) is 4.91. The van der Waals surface area contributed by atoms with Gasteiger partial charge in [-0.2, -0.15) is 5.10 Å². The molecule has 7 nitrogen and oxygen atoms in total. The van der Waals surface area contributed by atoms with Crippen molar-refractivity contribution in [2.24, 2.45) is 0 Å². The monoisotopic (exact) mass is 387 g/mol. The van der Waals surface area contributed by atoms with Crippen molar-refractivity contribution in [1.82, 2.24) is 20.4 Å². The molecule has 2 heterocycles. The highest BCUT2D eigenvalue weighted by Gasteiger charge is 2.18. The van der Waals surface area contributed by atoms with Crippen LogP contribution in [0.25, 0.3) is 16.8 Å². The van der Waals surface area contributed by atoms with Crippen LogP contribution in [0.15, 0.2) is 61.3 Å². The zero-order valence-electron chi connectivity index (χ0n) is 15.8. The molecule has 0 fully saturated rings. The van der Waals surface area contributed by atoms with E-state index < -0.39 is 0 Å². The SMILES string of the molecule is C=CC(=O)NCc1cccc(-n2cc(-c3ccc4c(c3)CCNC4=O)c(N)n2)c1. The molecule has 0 atom stereocenters. The van der Waals surface area contributed by atoms with Gasteiger partial charge in [0.1, 0.15) is 0 Å². The van der Waals surface area contributed by atoms with Crippen LogP contribution in [0.5, 0.6) is 0 Å². The molecule has 0 bridgehead atoms. The molecule has 146 valence electrons. The lowest BCUT2D eigenvalue weighted by molar-refractivity contribution is -0.116. The van der Waals surface area contributed by atoms with Crippen molar-refractivity contribution >= 4 is 17.6 Å². The number of nitrogen functional groups attached to an aromatic ring is 1. The first-order valence-corrected chi connectivity index (χ1v) is 9.31. The van der Waals surface area contributed by atoms with E-state index in [2.05, 4.69) is 22.3 Å². The maximum Gasteiger partial charge on any atom is 0.251 e. The normalized spacial score (nSPS) is 12.8. The van der Waals surface area contributed by atoms with Gasteiger partial charge >= 0.3 is 0 Å². The molecule has 4 N–H and O–H groups in total. The number of benzene rings is 2. The lowest BCUT2D eigenvalue weighted by atomic mass is 9.96. The Balaban J connectivity index is 1.63. The van der Waals surface area contributed by atoms with Gasteiger partial charge in [0.05, 0.1) is 5.69 Å². The molecule has 29 heavy (non-hydrogen) atoms. The van der Waals surface area contributed by atoms with Gasteiger partial charge in [-0.25, -0.2) is 4.68 Å². The largest absolute Gasteiger partial charge is 0.382 e. The molecule has 0 saturated heterocycles. The fourth-order valence-electron chi connectivity index (χ4n) is 3.41. The van der Waals surface area contributed by atoms with Crippen LogP contribution in [0.2, 0.25) is 0 Å². The maximum absolute atomic E-state index is 12.0. The summed E-state index contributed by atoms with van der Waals surface area (Å²) in [7, 11) is 0. The number of amides is 2. The van der Waals surface area contributed by atoms with E-state index in [0.29, 0.717) is 24.5 Å². The Labute approximate surface area is 168 Å². The molecule has 0 radical (unpaired) electrons. The Morgan fingerprint density at radius 3 is 2.97 bits per heavy atom. The first-order valence-electron chi connectivity index (χ1n) is 9.31. The number of hydrogen-bond acceptors (Lipinski definition) is 4. The zero-order valence-corrected chi connectivity index (χ0v) is 15.8. The van der Waals surface area contributed by atoms with Gasteiger partial charge < -0.3 is 16.4 Å². The van der Waals surface area contributed by atoms with Gasteiger partial charge in [0.25, 0.3) is 5.91 Å². The summed E-state index contributed by atoms with van der Waals surface area (Å²) < 4.78 is 1.72. The van der Waals surface area contributed by atoms with Crippen LogP contribution in [0.3, 0.4) is 0 Å². The van der Waals surface area contributed by atoms with Crippen molar-refractivity contribution in [3.8, 4) is 16.8 Å². The van der Waals surface area contributed by atoms with Crippen LogP contribution in [-0.4, -0.2) is 28.1 Å². The second kappa shape index (κ2) is 7.63. The summed E-state index contributed by atoms with van der Waals surface area (Å²) in [5.41, 5.74) is 11.4. The zero-order chi connectivity index (χ0) is 20.4. The molecule has 4 rings (SSSR count). The minimum Gasteiger partial charge on any atom is -0.382 e. The second-order valence-corrected chi connectivity index (χ2v) is 6.84. The first kappa shape index (κ1) is 18.5. The van der Waals surface area contributed by atoms with E-state index >= 15 is 0 Å². The van der Waals surface area contributed by atoms with Crippen molar-refractivity contribution in [2.75, 3.05) is 12.3 Å². The molecule has 0 aliphatic carbocycles. The Morgan fingerprint density at radius 1 is 1.28 bits per heavy atom. The number of nitrogens with one attached hydrogen (secondary N) is 2. The van der Waals surface area contributed by atoms with Gasteiger partial charge in [0, 0.05) is 30.4 Å². The highest BCUT2D eigenvalue weighted by Crippen LogP contribution is 2.29. The summed E-state index contributed by atoms with van der Waals surface area (Å²) in [4.78, 5) is 23.3. The van der Waals surface area contributed by atoms with Gasteiger partial charge in [-0.05, 0) is 47.4 Å². The van der Waals surface area contributed by atoms with E-state index in [1.807, 2.05) is 48.7 Å². The fraction of sp³-hybridized carbons (Fsp3) is 0.136. The lowest BCUT2D eigenvalue weighted by Crippen LogP contribution is -2.31. The third kappa shape index (κ3) is 3.75. The van der Waals surface area contributed by atoms with Crippen molar-refractivity contribution in [1.29, 1.82) is 0 Å². The smallest absolute Gasteiger partial charge is 0.251 e. The summed E-state index contributed by atoms with van der Waals surface area (Å²) in [6.45, 7) is 4.48. The van der Waals surface area contributed by atoms with Gasteiger partial charge in [-0.3, -0.25) is 9.59 Å². The quantitative estimate of drug-likeness (QED) is 0.584. The predicted molar refractivity (Wildman–Crippen MR) is 111 cm³/mol. The van der Waals surface area contributed by atoms with Gasteiger partial charge in [-0.15, -0.1) is 0 Å². The van der Waals surface area contributed by atoms with E-state index in [9.17, 15) is 9.59 Å². The lowest BCUT2D eigenvalue weighted by Gasteiger charge is -2.17. The highest BCUT2D eigenvalue weighted by molar-refractivity contribution is 5.97. The topological polar surface area (TPSA) is 102 Å². The van der Waals surface area contributed by atoms with Crippen molar-refractivity contribution < 1.29 is 9.59 Å². The predicted octanol–water partition coefficient (Wildman–Crippen LogP) is 2.21. The maximum atomic E-state index is 12.0. The molecule has 2 amide bonds. The van der Waals surface area contributed by atoms with Crippen LogP contribution >= 0.6 is 0 Å². The summed E-state index contributed by atoms with van der Waals surface area (Å²) in [5.74, 6) is 0.152. The fourth-order valence-corrected chi connectivity index (χ4v) is 3.41. The number of carbonyl (C=O) groups is 2. The summed E-state index contributed by atoms with van der Waals surface area (Å²) in [5, 5.41) is 10.1. The number of nitrogens with two attached hydrogens (primary N) is 1. The van der Waals surface area contributed by atoms with Crippen molar-refractivity contribution in [3.05, 3.63) is 78.0 Å². The number of anilines is 1. The molecular weight excluding hydrogens is 366 g/mol. The van der Waals surface area contributed by atoms with Gasteiger partial charge in [-0.1, -0.05) is 30.8 Å². The second-order valence-electron chi connectivity index (χ2n) is 6.84. The number of fused-ring (bicyclic) bond motifs is 1. The van der Waals surface area contributed by atoms with E-state index in [1.165, 1.54) is 6.08 Å². The number of nitrogens with zero attached hydrogens (tertiary/aromatic N) is 2. The minimum absolute atomic E-state index is 0.0400. The molecule has 1 aliphatic rings. The van der Waals surface area contributed by atoms with Crippen LogP contribution in [-0.2, 0) is 17.8 Å². The van der Waals surface area contributed by atoms with Crippen LogP contribution < -0.4 is 16.4 Å². The van der Waals surface area contributed by atoms with E-state index in [1.54, 1.807) is 4.68 Å². The molecule has 3 aromatic rings. The van der Waals surface area contributed by atoms with E-state index in [-0.39, 0.29) is 11.8 Å². The number of carbonyl (C=O) groups excluding carboxylic acids is 2. The Morgan fingerprint density at radius 2 is 2.14 bits per heavy atom. The summed E-state index contributed by atoms with van der Waals surface area (Å²) >= 11 is 0. The highest BCUT2D eigenvalue weighted by atomic mass is 16.2. The first-order chi connectivity index (χ1) is 14.0. The molecule has 0 spiro atoms. The van der Waals surface area contributed by atoms with Gasteiger partial charge in [0.2, 0.25) is 5.91 Å². The molecule has 1 aliphatic heterocycles. The average Bonchev–Trinajstić information content (AvgIpc) is 3.14. The van der Waals surface area contributed by atoms with Crippen molar-refractivity contribution in [3.63, 3.8) is 0 Å². The molecule has 0 unspecified atom stereocenters. The summed E-state index contributed by atoms with van der Waals surface area (Å²) in [6.07, 6.45) is 3.91. The Kier molecular flexibility index (Phi) is 4.87. The van der Waals surface area contributed by atoms with Gasteiger partial charge in [0.15, 0.2) is 5.82 Å². The third-order valence-electron chi connectivity index (χ3n) is 4.91. The van der Waals surface area contributed by atoms with Crippen LogP contribution in [0.4, 0.5) is 5.82 Å². The molecule has 1 aromatic heterocycles. The number of aromatic nitrogens is 2. The Bertz CT molecular complexity index is 1120. The molecular formula is C22H21N5O2. The van der Waals surface area contributed by atoms with Crippen LogP contribution in [0, 0.1) is 0 Å². The van der Waals surface area contributed by atoms with E-state index in [4.69, 9.17) is 5.73 Å². The molecule has 7 heteroatoms. The standard InChI is InChI=1S/C22H21N5O2/c1-2-20(28)25-12-14-4-3-5-17(10-14)27-13-19(21(23)26-27)15-6-7-18-16(11-15)8-9-24-22(18)29/h2-7,10-11,13H,1,8-9,12H2,(H2,23,26)(H,24,29)(H,25,28). The molecule has 0 saturated carbocycles. The molecule has 2 aromatic carbocycles. The number of hydrogen-bond donors (Lipinski definition) is 3. The van der Waals surface area contributed by atoms with Crippen molar-refractivity contribution in [2.45, 2.75) is 13.0 Å². The minimum atomic E-state index is -0.220. The summed E-state index contributed by atoms with van der Waals surface area (Å²) in [6, 6.07) is 13.4. The Hall–Kier alpha value is -3.87. The van der Waals surface area contributed by atoms with E-state index in [0.717, 1.165) is 34.4 Å². The number of rotatable bonds is 5.